The minimum atomic E-state index is -0.331. The summed E-state index contributed by atoms with van der Waals surface area (Å²) in [4.78, 5) is 31.1. The zero-order valence-corrected chi connectivity index (χ0v) is 22.4. The average molecular weight is 485 g/mol. The summed E-state index contributed by atoms with van der Waals surface area (Å²) < 4.78 is 0. The summed E-state index contributed by atoms with van der Waals surface area (Å²) in [6.45, 7) is 12.8. The Morgan fingerprint density at radius 3 is 2.23 bits per heavy atom. The van der Waals surface area contributed by atoms with Crippen LogP contribution in [0.15, 0.2) is 24.3 Å². The normalized spacial score (nSPS) is 18.6. The lowest BCUT2D eigenvalue weighted by atomic mass is 9.98. The van der Waals surface area contributed by atoms with Gasteiger partial charge in [-0.25, -0.2) is 0 Å². The van der Waals surface area contributed by atoms with Gasteiger partial charge in [0.05, 0.1) is 0 Å². The maximum Gasteiger partial charge on any atom is 0.222 e. The molecule has 2 aliphatic heterocycles. The second-order valence-corrected chi connectivity index (χ2v) is 11.3. The fraction of sp³-hybridized carbons (Fsp3) is 0.724. The van der Waals surface area contributed by atoms with Crippen LogP contribution in [0, 0.1) is 11.8 Å². The Morgan fingerprint density at radius 1 is 0.971 bits per heavy atom. The van der Waals surface area contributed by atoms with Gasteiger partial charge < -0.3 is 20.4 Å². The molecule has 1 atom stereocenters. The van der Waals surface area contributed by atoms with Gasteiger partial charge >= 0.3 is 0 Å². The molecule has 0 aromatic heterocycles. The highest BCUT2D eigenvalue weighted by Crippen LogP contribution is 2.26. The van der Waals surface area contributed by atoms with Crippen LogP contribution in [0.2, 0.25) is 0 Å². The first-order valence-electron chi connectivity index (χ1n) is 14.0. The molecule has 6 nitrogen and oxygen atoms in total. The minimum Gasteiger partial charge on any atom is -0.370 e. The Morgan fingerprint density at radius 2 is 1.63 bits per heavy atom. The minimum absolute atomic E-state index is 0.00805. The van der Waals surface area contributed by atoms with Crippen molar-refractivity contribution in [1.82, 2.24) is 9.80 Å². The van der Waals surface area contributed by atoms with Gasteiger partial charge in [-0.2, -0.15) is 0 Å². The molecule has 0 bridgehead atoms. The number of nitrogens with zero attached hydrogens (tertiary/aromatic N) is 3. The Kier molecular flexibility index (Phi) is 10.9. The monoisotopic (exact) mass is 484 g/mol. The van der Waals surface area contributed by atoms with Crippen LogP contribution >= 0.6 is 0 Å². The number of anilines is 1. The van der Waals surface area contributed by atoms with Crippen molar-refractivity contribution in [2.45, 2.75) is 84.6 Å². The molecule has 2 aliphatic rings. The fourth-order valence-electron chi connectivity index (χ4n) is 5.51. The number of carbonyl (C=O) groups excluding carboxylic acids is 2. The molecule has 2 N–H and O–H groups in total. The van der Waals surface area contributed by atoms with E-state index in [2.05, 4.69) is 47.9 Å². The number of likely N-dealkylation sites (tertiary alicyclic amines) is 2. The van der Waals surface area contributed by atoms with Crippen molar-refractivity contribution in [3.8, 4) is 0 Å². The molecule has 35 heavy (non-hydrogen) atoms. The van der Waals surface area contributed by atoms with Crippen LogP contribution in [0.5, 0.6) is 0 Å². The van der Waals surface area contributed by atoms with E-state index in [-0.39, 0.29) is 24.2 Å². The molecule has 2 heterocycles. The molecule has 1 aromatic carbocycles. The van der Waals surface area contributed by atoms with E-state index in [0.717, 1.165) is 38.9 Å². The Hall–Kier alpha value is -2.08. The second-order valence-electron chi connectivity index (χ2n) is 11.3. The quantitative estimate of drug-likeness (QED) is 0.476. The van der Waals surface area contributed by atoms with Crippen LogP contribution < -0.4 is 10.6 Å². The van der Waals surface area contributed by atoms with E-state index < -0.39 is 0 Å². The summed E-state index contributed by atoms with van der Waals surface area (Å²) >= 11 is 0. The number of benzene rings is 1. The molecule has 0 radical (unpaired) electrons. The van der Waals surface area contributed by atoms with Crippen LogP contribution in [0.3, 0.4) is 0 Å². The Balaban J connectivity index is 1.55. The predicted molar refractivity (Wildman–Crippen MR) is 144 cm³/mol. The van der Waals surface area contributed by atoms with Crippen LogP contribution in [-0.4, -0.2) is 66.9 Å². The van der Waals surface area contributed by atoms with Gasteiger partial charge in [0.1, 0.15) is 0 Å². The molecule has 2 saturated heterocycles. The number of carbonyl (C=O) groups is 2. The number of rotatable bonds is 12. The van der Waals surface area contributed by atoms with E-state index in [9.17, 15) is 9.59 Å². The molecular formula is C29H48N4O2. The lowest BCUT2D eigenvalue weighted by Gasteiger charge is -2.40. The molecule has 1 aromatic rings. The third-order valence-electron chi connectivity index (χ3n) is 7.71. The standard InChI is InChI=1S/C29H48N4O2/c1-23(2)11-20-33(26-9-7-25(8-10-26)12-17-31-15-5-4-6-16-31)27-13-18-32(19-14-27)29(35)22-24(3)21-28(30)34/h7-10,23-24,27H,4-6,11-22H2,1-3H3,(H2,30,34). The van der Waals surface area contributed by atoms with Crippen molar-refractivity contribution in [3.63, 3.8) is 0 Å². The van der Waals surface area contributed by atoms with Crippen LogP contribution in [0.25, 0.3) is 0 Å². The molecule has 0 saturated carbocycles. The van der Waals surface area contributed by atoms with Crippen molar-refractivity contribution in [2.75, 3.05) is 44.2 Å². The SMILES string of the molecule is CC(C)CCN(c1ccc(CCN2CCCCC2)cc1)C1CCN(C(=O)CC(C)CC(N)=O)CC1. The van der Waals surface area contributed by atoms with Crippen molar-refractivity contribution < 1.29 is 9.59 Å². The topological polar surface area (TPSA) is 69.9 Å². The fourth-order valence-corrected chi connectivity index (χ4v) is 5.51. The molecule has 2 fully saturated rings. The molecule has 3 rings (SSSR count). The first kappa shape index (κ1) is 27.5. The summed E-state index contributed by atoms with van der Waals surface area (Å²) in [5, 5.41) is 0. The van der Waals surface area contributed by atoms with Gasteiger partial charge in [-0.1, -0.05) is 39.3 Å². The van der Waals surface area contributed by atoms with Gasteiger partial charge in [0.25, 0.3) is 0 Å². The maximum atomic E-state index is 12.7. The number of nitrogens with two attached hydrogens (primary N) is 1. The molecule has 196 valence electrons. The average Bonchev–Trinajstić information content (AvgIpc) is 2.84. The highest BCUT2D eigenvalue weighted by atomic mass is 16.2. The van der Waals surface area contributed by atoms with E-state index in [4.69, 9.17) is 5.73 Å². The van der Waals surface area contributed by atoms with Gasteiger partial charge in [0.2, 0.25) is 11.8 Å². The summed E-state index contributed by atoms with van der Waals surface area (Å²) in [5.74, 6) is 0.495. The molecule has 6 heteroatoms. The number of hydrogen-bond acceptors (Lipinski definition) is 4. The largest absolute Gasteiger partial charge is 0.370 e. The van der Waals surface area contributed by atoms with E-state index >= 15 is 0 Å². The van der Waals surface area contributed by atoms with Crippen molar-refractivity contribution >= 4 is 17.5 Å². The molecule has 0 aliphatic carbocycles. The van der Waals surface area contributed by atoms with Crippen molar-refractivity contribution in [2.24, 2.45) is 17.6 Å². The molecule has 2 amide bonds. The van der Waals surface area contributed by atoms with Gasteiger partial charge in [0.15, 0.2) is 0 Å². The summed E-state index contributed by atoms with van der Waals surface area (Å²) in [6, 6.07) is 9.73. The molecule has 1 unspecified atom stereocenters. The number of hydrogen-bond donors (Lipinski definition) is 1. The first-order chi connectivity index (χ1) is 16.8. The van der Waals surface area contributed by atoms with Gasteiger partial charge in [-0.15, -0.1) is 0 Å². The van der Waals surface area contributed by atoms with Crippen LogP contribution in [0.4, 0.5) is 5.69 Å². The van der Waals surface area contributed by atoms with E-state index in [1.807, 2.05) is 11.8 Å². The molecule has 0 spiro atoms. The zero-order valence-electron chi connectivity index (χ0n) is 22.4. The van der Waals surface area contributed by atoms with Crippen LogP contribution in [0.1, 0.15) is 77.7 Å². The highest BCUT2D eigenvalue weighted by molar-refractivity contribution is 5.78. The Bertz CT molecular complexity index is 780. The third kappa shape index (κ3) is 9.14. The van der Waals surface area contributed by atoms with E-state index in [0.29, 0.717) is 18.4 Å². The highest BCUT2D eigenvalue weighted by Gasteiger charge is 2.28. The predicted octanol–water partition coefficient (Wildman–Crippen LogP) is 4.46. The van der Waals surface area contributed by atoms with Crippen molar-refractivity contribution in [3.05, 3.63) is 29.8 Å². The van der Waals surface area contributed by atoms with E-state index in [1.54, 1.807) is 0 Å². The lowest BCUT2D eigenvalue weighted by Crippen LogP contribution is -2.47. The lowest BCUT2D eigenvalue weighted by molar-refractivity contribution is -0.133. The van der Waals surface area contributed by atoms with E-state index in [1.165, 1.54) is 56.6 Å². The Labute approximate surface area is 213 Å². The smallest absolute Gasteiger partial charge is 0.222 e. The van der Waals surface area contributed by atoms with Crippen molar-refractivity contribution in [1.29, 1.82) is 0 Å². The number of primary amides is 1. The van der Waals surface area contributed by atoms with Crippen LogP contribution in [-0.2, 0) is 16.0 Å². The van der Waals surface area contributed by atoms with Gasteiger partial charge in [-0.05, 0) is 81.1 Å². The first-order valence-corrected chi connectivity index (χ1v) is 14.0. The zero-order chi connectivity index (χ0) is 25.2. The second kappa shape index (κ2) is 13.9. The number of piperidine rings is 2. The summed E-state index contributed by atoms with van der Waals surface area (Å²) in [5.41, 5.74) is 8.03. The third-order valence-corrected chi connectivity index (χ3v) is 7.71. The molecular weight excluding hydrogens is 436 g/mol. The summed E-state index contributed by atoms with van der Waals surface area (Å²) in [6.07, 6.45) is 9.04. The number of amides is 2. The maximum absolute atomic E-state index is 12.7. The summed E-state index contributed by atoms with van der Waals surface area (Å²) in [7, 11) is 0. The van der Waals surface area contributed by atoms with Gasteiger partial charge in [0, 0.05) is 50.7 Å². The van der Waals surface area contributed by atoms with Gasteiger partial charge in [-0.3, -0.25) is 9.59 Å².